The van der Waals surface area contributed by atoms with Gasteiger partial charge in [-0.25, -0.2) is 0 Å². The van der Waals surface area contributed by atoms with Crippen molar-refractivity contribution in [2.24, 2.45) is 0 Å². The van der Waals surface area contributed by atoms with Gasteiger partial charge >= 0.3 is 0 Å². The van der Waals surface area contributed by atoms with E-state index in [1.54, 1.807) is 0 Å². The highest BCUT2D eigenvalue weighted by molar-refractivity contribution is 5.85. The van der Waals surface area contributed by atoms with Crippen molar-refractivity contribution in [3.63, 3.8) is 0 Å². The van der Waals surface area contributed by atoms with Crippen molar-refractivity contribution in [1.82, 2.24) is 5.32 Å². The standard InChI is InChI=1S/C21H22N2/c1-2-6-17(7-3-1)12-13-23(21-15-22-16-21)20-11-10-18-8-4-5-9-19(18)14-20/h1-11,14,21-22H,12-13,15-16H2. The topological polar surface area (TPSA) is 15.3 Å². The van der Waals surface area contributed by atoms with E-state index >= 15 is 0 Å². The summed E-state index contributed by atoms with van der Waals surface area (Å²) in [4.78, 5) is 2.57. The van der Waals surface area contributed by atoms with Gasteiger partial charge in [-0.3, -0.25) is 0 Å². The van der Waals surface area contributed by atoms with Crippen LogP contribution in [0, 0.1) is 0 Å². The van der Waals surface area contributed by atoms with Crippen LogP contribution in [0.1, 0.15) is 5.56 Å². The molecule has 0 unspecified atom stereocenters. The Bertz CT molecular complexity index is 778. The van der Waals surface area contributed by atoms with Crippen LogP contribution in [-0.2, 0) is 6.42 Å². The average Bonchev–Trinajstić information content (AvgIpc) is 2.57. The second kappa shape index (κ2) is 6.43. The van der Waals surface area contributed by atoms with E-state index in [0.29, 0.717) is 6.04 Å². The van der Waals surface area contributed by atoms with Gasteiger partial charge in [0.15, 0.2) is 0 Å². The molecule has 1 heterocycles. The molecule has 0 radical (unpaired) electrons. The molecule has 2 nitrogen and oxygen atoms in total. The van der Waals surface area contributed by atoms with Crippen molar-refractivity contribution in [1.29, 1.82) is 0 Å². The summed E-state index contributed by atoms with van der Waals surface area (Å²) in [6, 6.07) is 26.8. The lowest BCUT2D eigenvalue weighted by Gasteiger charge is -2.40. The molecule has 0 aromatic heterocycles. The fraction of sp³-hybridized carbons (Fsp3) is 0.238. The molecule has 1 aliphatic rings. The first-order valence-electron chi connectivity index (χ1n) is 8.40. The first-order valence-corrected chi connectivity index (χ1v) is 8.40. The molecule has 0 atom stereocenters. The first-order chi connectivity index (χ1) is 11.4. The summed E-state index contributed by atoms with van der Waals surface area (Å²) in [6.45, 7) is 3.23. The maximum absolute atomic E-state index is 3.41. The van der Waals surface area contributed by atoms with Crippen LogP contribution in [0.4, 0.5) is 5.69 Å². The molecular weight excluding hydrogens is 280 g/mol. The molecule has 3 aromatic rings. The molecule has 0 bridgehead atoms. The Labute approximate surface area is 137 Å². The Morgan fingerprint density at radius 1 is 0.826 bits per heavy atom. The Morgan fingerprint density at radius 2 is 1.57 bits per heavy atom. The molecule has 3 aromatic carbocycles. The van der Waals surface area contributed by atoms with Gasteiger partial charge in [-0.2, -0.15) is 0 Å². The summed E-state index contributed by atoms with van der Waals surface area (Å²) in [5.41, 5.74) is 2.75. The number of anilines is 1. The van der Waals surface area contributed by atoms with Crippen LogP contribution in [-0.4, -0.2) is 25.7 Å². The molecule has 0 saturated carbocycles. The monoisotopic (exact) mass is 302 g/mol. The molecule has 1 aliphatic heterocycles. The van der Waals surface area contributed by atoms with Crippen molar-refractivity contribution in [2.75, 3.05) is 24.5 Å². The van der Waals surface area contributed by atoms with Crippen LogP contribution in [0.25, 0.3) is 10.8 Å². The van der Waals surface area contributed by atoms with Gasteiger partial charge in [0, 0.05) is 25.3 Å². The van der Waals surface area contributed by atoms with Gasteiger partial charge < -0.3 is 10.2 Å². The second-order valence-corrected chi connectivity index (χ2v) is 6.27. The molecule has 0 amide bonds. The summed E-state index contributed by atoms with van der Waals surface area (Å²) >= 11 is 0. The lowest BCUT2D eigenvalue weighted by atomic mass is 10.0. The summed E-state index contributed by atoms with van der Waals surface area (Å²) in [5.74, 6) is 0. The fourth-order valence-electron chi connectivity index (χ4n) is 3.27. The van der Waals surface area contributed by atoms with Gasteiger partial charge in [0.05, 0.1) is 6.04 Å². The third-order valence-electron chi connectivity index (χ3n) is 4.75. The minimum atomic E-state index is 0.611. The van der Waals surface area contributed by atoms with E-state index in [1.165, 1.54) is 22.0 Å². The molecule has 1 saturated heterocycles. The van der Waals surface area contributed by atoms with Crippen LogP contribution < -0.4 is 10.2 Å². The molecule has 0 spiro atoms. The quantitative estimate of drug-likeness (QED) is 0.770. The van der Waals surface area contributed by atoms with Crippen molar-refractivity contribution >= 4 is 16.5 Å². The van der Waals surface area contributed by atoms with Crippen molar-refractivity contribution < 1.29 is 0 Å². The van der Waals surface area contributed by atoms with Crippen LogP contribution in [0.3, 0.4) is 0 Å². The zero-order valence-electron chi connectivity index (χ0n) is 13.3. The third kappa shape index (κ3) is 3.08. The van der Waals surface area contributed by atoms with E-state index in [2.05, 4.69) is 83.0 Å². The Morgan fingerprint density at radius 3 is 2.30 bits per heavy atom. The number of hydrogen-bond acceptors (Lipinski definition) is 2. The van der Waals surface area contributed by atoms with Crippen molar-refractivity contribution in [3.05, 3.63) is 78.4 Å². The number of nitrogens with zero attached hydrogens (tertiary/aromatic N) is 1. The molecule has 2 heteroatoms. The number of hydrogen-bond donors (Lipinski definition) is 1. The van der Waals surface area contributed by atoms with Gasteiger partial charge in [-0.1, -0.05) is 60.7 Å². The van der Waals surface area contributed by atoms with E-state index in [9.17, 15) is 0 Å². The second-order valence-electron chi connectivity index (χ2n) is 6.27. The van der Waals surface area contributed by atoms with Gasteiger partial charge in [0.2, 0.25) is 0 Å². The molecule has 23 heavy (non-hydrogen) atoms. The summed E-state index contributed by atoms with van der Waals surface area (Å²) in [7, 11) is 0. The van der Waals surface area contributed by atoms with E-state index in [-0.39, 0.29) is 0 Å². The van der Waals surface area contributed by atoms with Crippen molar-refractivity contribution in [2.45, 2.75) is 12.5 Å². The van der Waals surface area contributed by atoms with Gasteiger partial charge in [0.1, 0.15) is 0 Å². The van der Waals surface area contributed by atoms with Crippen molar-refractivity contribution in [3.8, 4) is 0 Å². The first kappa shape index (κ1) is 14.3. The molecule has 0 aliphatic carbocycles. The normalized spacial score (nSPS) is 14.6. The van der Waals surface area contributed by atoms with Gasteiger partial charge in [-0.05, 0) is 34.9 Å². The summed E-state index contributed by atoms with van der Waals surface area (Å²) in [5, 5.41) is 6.04. The number of fused-ring (bicyclic) bond motifs is 1. The lowest BCUT2D eigenvalue weighted by molar-refractivity contribution is 0.414. The van der Waals surface area contributed by atoms with Gasteiger partial charge in [-0.15, -0.1) is 0 Å². The largest absolute Gasteiger partial charge is 0.366 e. The van der Waals surface area contributed by atoms with Crippen LogP contribution >= 0.6 is 0 Å². The van der Waals surface area contributed by atoms with Crippen LogP contribution in [0.5, 0.6) is 0 Å². The van der Waals surface area contributed by atoms with E-state index in [1.807, 2.05) is 0 Å². The van der Waals surface area contributed by atoms with E-state index in [4.69, 9.17) is 0 Å². The third-order valence-corrected chi connectivity index (χ3v) is 4.75. The number of nitrogens with one attached hydrogen (secondary N) is 1. The average molecular weight is 302 g/mol. The maximum Gasteiger partial charge on any atom is 0.0539 e. The minimum Gasteiger partial charge on any atom is -0.366 e. The summed E-state index contributed by atoms with van der Waals surface area (Å²) < 4.78 is 0. The van der Waals surface area contributed by atoms with Crippen LogP contribution in [0.2, 0.25) is 0 Å². The predicted octanol–water partition coefficient (Wildman–Crippen LogP) is 3.86. The lowest BCUT2D eigenvalue weighted by Crippen LogP contribution is -2.57. The van der Waals surface area contributed by atoms with Crippen LogP contribution in [0.15, 0.2) is 72.8 Å². The number of rotatable bonds is 5. The smallest absolute Gasteiger partial charge is 0.0539 e. The molecule has 4 rings (SSSR count). The van der Waals surface area contributed by atoms with Gasteiger partial charge in [0.25, 0.3) is 0 Å². The fourth-order valence-corrected chi connectivity index (χ4v) is 3.27. The zero-order valence-corrected chi connectivity index (χ0v) is 13.3. The number of benzene rings is 3. The Balaban J connectivity index is 1.59. The zero-order chi connectivity index (χ0) is 15.5. The molecular formula is C21H22N2. The maximum atomic E-state index is 3.41. The summed E-state index contributed by atoms with van der Waals surface area (Å²) in [6.07, 6.45) is 1.09. The SMILES string of the molecule is c1ccc(CCN(c2ccc3ccccc3c2)C2CNC2)cc1. The van der Waals surface area contributed by atoms with E-state index < -0.39 is 0 Å². The Kier molecular flexibility index (Phi) is 3.99. The Hall–Kier alpha value is -2.32. The highest BCUT2D eigenvalue weighted by Crippen LogP contribution is 2.25. The molecule has 1 N–H and O–H groups in total. The molecule has 116 valence electrons. The highest BCUT2D eigenvalue weighted by atomic mass is 15.2. The molecule has 1 fully saturated rings. The predicted molar refractivity (Wildman–Crippen MR) is 98.1 cm³/mol. The highest BCUT2D eigenvalue weighted by Gasteiger charge is 2.24. The minimum absolute atomic E-state index is 0.611. The van der Waals surface area contributed by atoms with E-state index in [0.717, 1.165) is 26.1 Å².